The Bertz CT molecular complexity index is 1040. The van der Waals surface area contributed by atoms with Crippen LogP contribution in [0.25, 0.3) is 5.76 Å². The van der Waals surface area contributed by atoms with Crippen molar-refractivity contribution < 1.29 is 54.7 Å². The van der Waals surface area contributed by atoms with Gasteiger partial charge in [0.25, 0.3) is 0 Å². The third-order valence-corrected chi connectivity index (χ3v) is 5.20. The van der Waals surface area contributed by atoms with Crippen LogP contribution in [-0.2, 0) is 14.2 Å². The maximum Gasteiger partial charge on any atom is 0.229 e. The summed E-state index contributed by atoms with van der Waals surface area (Å²) in [4.78, 5) is 0. The summed E-state index contributed by atoms with van der Waals surface area (Å²) in [6, 6.07) is 2.53. The lowest BCUT2D eigenvalue weighted by molar-refractivity contribution is -0.257. The van der Waals surface area contributed by atoms with Crippen LogP contribution in [-0.4, -0.2) is 80.2 Å². The molecule has 1 aromatic carbocycles. The van der Waals surface area contributed by atoms with Crippen LogP contribution >= 0.6 is 0 Å². The molecule has 32 heavy (non-hydrogen) atoms. The van der Waals surface area contributed by atoms with Gasteiger partial charge in [0.15, 0.2) is 23.0 Å². The van der Waals surface area contributed by atoms with Gasteiger partial charge in [0.2, 0.25) is 12.0 Å². The molecule has 5 unspecified atom stereocenters. The molecular formula is C21H22O11. The summed E-state index contributed by atoms with van der Waals surface area (Å²) in [5.74, 6) is -1.67. The molecule has 1 aliphatic carbocycles. The van der Waals surface area contributed by atoms with Crippen molar-refractivity contribution in [2.24, 2.45) is 0 Å². The minimum atomic E-state index is -1.61. The lowest BCUT2D eigenvalue weighted by atomic mass is 9.97. The maximum atomic E-state index is 10.2. The predicted octanol–water partition coefficient (Wildman–Crippen LogP) is 0.453. The van der Waals surface area contributed by atoms with E-state index in [2.05, 4.69) is 0 Å². The molecule has 5 atom stereocenters. The van der Waals surface area contributed by atoms with Crippen LogP contribution in [0.4, 0.5) is 0 Å². The minimum Gasteiger partial charge on any atom is -0.508 e. The predicted molar refractivity (Wildman–Crippen MR) is 106 cm³/mol. The van der Waals surface area contributed by atoms with Crippen molar-refractivity contribution in [3.63, 3.8) is 0 Å². The van der Waals surface area contributed by atoms with Crippen LogP contribution in [0, 0.1) is 0 Å². The van der Waals surface area contributed by atoms with Gasteiger partial charge in [0.1, 0.15) is 35.9 Å². The molecule has 172 valence electrons. The van der Waals surface area contributed by atoms with Gasteiger partial charge in [0.05, 0.1) is 13.7 Å². The van der Waals surface area contributed by atoms with Gasteiger partial charge >= 0.3 is 0 Å². The Labute approximate surface area is 181 Å². The molecule has 2 heterocycles. The third-order valence-electron chi connectivity index (χ3n) is 5.20. The minimum absolute atomic E-state index is 0.0116. The van der Waals surface area contributed by atoms with E-state index >= 15 is 0 Å². The highest BCUT2D eigenvalue weighted by Crippen LogP contribution is 2.42. The summed E-state index contributed by atoms with van der Waals surface area (Å²) in [7, 11) is 1.29. The fourth-order valence-corrected chi connectivity index (χ4v) is 3.49. The second kappa shape index (κ2) is 8.28. The molecule has 0 radical (unpaired) electrons. The van der Waals surface area contributed by atoms with Crippen molar-refractivity contribution in [1.82, 2.24) is 0 Å². The normalized spacial score (nSPS) is 29.9. The number of phenolic OH excluding ortho intramolecular Hbond substituents is 2. The number of ether oxygens (including phenoxy) is 4. The number of allylic oxidation sites excluding steroid dienone is 2. The Balaban J connectivity index is 1.80. The highest BCUT2D eigenvalue weighted by atomic mass is 16.7. The average molecular weight is 450 g/mol. The first-order chi connectivity index (χ1) is 15.2. The largest absolute Gasteiger partial charge is 0.508 e. The van der Waals surface area contributed by atoms with E-state index in [9.17, 15) is 35.7 Å². The number of hydrogen-bond acceptors (Lipinski definition) is 11. The van der Waals surface area contributed by atoms with Gasteiger partial charge in [-0.3, -0.25) is 0 Å². The molecule has 0 aromatic heterocycles. The molecule has 11 heteroatoms. The van der Waals surface area contributed by atoms with E-state index < -0.39 is 42.2 Å². The maximum absolute atomic E-state index is 10.2. The molecule has 0 amide bonds. The summed E-state index contributed by atoms with van der Waals surface area (Å²) in [5.41, 5.74) is 0.415. The average Bonchev–Trinajstić information content (AvgIpc) is 2.75. The smallest absolute Gasteiger partial charge is 0.229 e. The fraction of sp³-hybridized carbons (Fsp3) is 0.333. The summed E-state index contributed by atoms with van der Waals surface area (Å²) >= 11 is 0. The topological polar surface area (TPSA) is 179 Å². The molecule has 0 bridgehead atoms. The van der Waals surface area contributed by atoms with Gasteiger partial charge in [-0.1, -0.05) is 0 Å². The van der Waals surface area contributed by atoms with Gasteiger partial charge in [0, 0.05) is 23.3 Å². The number of phenols is 2. The number of benzene rings is 1. The molecular weight excluding hydrogens is 428 g/mol. The first kappa shape index (κ1) is 21.8. The lowest BCUT2D eigenvalue weighted by Crippen LogP contribution is -2.53. The monoisotopic (exact) mass is 450 g/mol. The number of fused-ring (bicyclic) bond motifs is 1. The standard InChI is InChI=1S/C21H22O11/c1-29-15-3-8(2-12(24)17(15)26)20-16(32-21-19(28)18(27)13(25)7-30-21)6-10-11(23)4-9(22)5-14(10)31-20/h2-6,13-14,18-19,21-28H,7H2,1H3. The van der Waals surface area contributed by atoms with E-state index in [-0.39, 0.29) is 46.5 Å². The van der Waals surface area contributed by atoms with E-state index in [1.807, 2.05) is 0 Å². The molecule has 0 saturated carbocycles. The summed E-state index contributed by atoms with van der Waals surface area (Å²) in [6.45, 7) is -0.304. The molecule has 1 fully saturated rings. The first-order valence-corrected chi connectivity index (χ1v) is 9.56. The van der Waals surface area contributed by atoms with Crippen LogP contribution in [0.3, 0.4) is 0 Å². The van der Waals surface area contributed by atoms with Gasteiger partial charge in [-0.05, 0) is 18.2 Å². The van der Waals surface area contributed by atoms with Crippen molar-refractivity contribution in [3.05, 3.63) is 58.8 Å². The van der Waals surface area contributed by atoms with Crippen LogP contribution < -0.4 is 4.74 Å². The van der Waals surface area contributed by atoms with Gasteiger partial charge in [-0.25, -0.2) is 0 Å². The number of aromatic hydroxyl groups is 2. The van der Waals surface area contributed by atoms with E-state index in [0.717, 1.165) is 6.08 Å². The third kappa shape index (κ3) is 3.82. The zero-order chi connectivity index (χ0) is 23.2. The van der Waals surface area contributed by atoms with Crippen LogP contribution in [0.5, 0.6) is 17.2 Å². The second-order valence-corrected chi connectivity index (χ2v) is 7.37. The van der Waals surface area contributed by atoms with Gasteiger partial charge < -0.3 is 54.7 Å². The lowest BCUT2D eigenvalue weighted by Gasteiger charge is -2.36. The molecule has 7 N–H and O–H groups in total. The number of aliphatic hydroxyl groups is 5. The Morgan fingerprint density at radius 2 is 1.75 bits per heavy atom. The van der Waals surface area contributed by atoms with E-state index in [4.69, 9.17) is 18.9 Å². The van der Waals surface area contributed by atoms with Crippen LogP contribution in [0.15, 0.2) is 53.2 Å². The Morgan fingerprint density at radius 3 is 2.47 bits per heavy atom. The summed E-state index contributed by atoms with van der Waals surface area (Å²) in [6.07, 6.45) is -2.95. The molecule has 4 rings (SSSR count). The number of methoxy groups -OCH3 is 1. The summed E-state index contributed by atoms with van der Waals surface area (Å²) in [5, 5.41) is 69.9. The van der Waals surface area contributed by atoms with E-state index in [1.165, 1.54) is 31.4 Å². The molecule has 0 spiro atoms. The molecule has 11 nitrogen and oxygen atoms in total. The molecule has 2 aliphatic heterocycles. The quantitative estimate of drug-likeness (QED) is 0.317. The highest BCUT2D eigenvalue weighted by Gasteiger charge is 2.40. The zero-order valence-corrected chi connectivity index (χ0v) is 16.7. The molecule has 3 aliphatic rings. The van der Waals surface area contributed by atoms with Crippen molar-refractivity contribution in [2.75, 3.05) is 13.7 Å². The van der Waals surface area contributed by atoms with Crippen molar-refractivity contribution in [2.45, 2.75) is 30.7 Å². The second-order valence-electron chi connectivity index (χ2n) is 7.37. The highest BCUT2D eigenvalue weighted by molar-refractivity contribution is 5.72. The van der Waals surface area contributed by atoms with Gasteiger partial charge in [-0.15, -0.1) is 0 Å². The Kier molecular flexibility index (Phi) is 5.65. The summed E-state index contributed by atoms with van der Waals surface area (Å²) < 4.78 is 22.0. The van der Waals surface area contributed by atoms with Crippen LogP contribution in [0.1, 0.15) is 5.56 Å². The number of rotatable bonds is 4. The molecule has 1 aromatic rings. The number of aliphatic hydroxyl groups excluding tert-OH is 5. The Morgan fingerprint density at radius 1 is 1.00 bits per heavy atom. The number of hydrogen-bond donors (Lipinski definition) is 7. The van der Waals surface area contributed by atoms with E-state index in [1.54, 1.807) is 0 Å². The Hall–Kier alpha value is -3.38. The van der Waals surface area contributed by atoms with Crippen molar-refractivity contribution in [1.29, 1.82) is 0 Å². The van der Waals surface area contributed by atoms with Crippen molar-refractivity contribution >= 4 is 5.76 Å². The first-order valence-electron chi connectivity index (χ1n) is 9.56. The SMILES string of the molecule is COc1cc(C2=C(OC3OCC(O)C(O)C3O)C=C3C(O)=CC(O)=CC3O2)cc(O)c1O. The molecule has 1 saturated heterocycles. The van der Waals surface area contributed by atoms with Crippen LogP contribution in [0.2, 0.25) is 0 Å². The van der Waals surface area contributed by atoms with Gasteiger partial charge in [-0.2, -0.15) is 0 Å². The fourth-order valence-electron chi connectivity index (χ4n) is 3.49. The van der Waals surface area contributed by atoms with Crippen molar-refractivity contribution in [3.8, 4) is 17.2 Å². The zero-order valence-electron chi connectivity index (χ0n) is 16.7. The van der Waals surface area contributed by atoms with E-state index in [0.29, 0.717) is 0 Å².